The van der Waals surface area contributed by atoms with Crippen LogP contribution in [0.2, 0.25) is 0 Å². The topological polar surface area (TPSA) is 110 Å². The summed E-state index contributed by atoms with van der Waals surface area (Å²) in [4.78, 5) is 10.4. The van der Waals surface area contributed by atoms with Gasteiger partial charge in [-0.2, -0.15) is 14.6 Å². The Morgan fingerprint density at radius 2 is 1.76 bits per heavy atom. The monoisotopic (exact) mass is 359 g/mol. The van der Waals surface area contributed by atoms with Gasteiger partial charge >= 0.3 is 0 Å². The molecule has 0 radical (unpaired) electrons. The molecule has 1 aromatic heterocycles. The molecule has 0 spiro atoms. The summed E-state index contributed by atoms with van der Waals surface area (Å²) in [6, 6.07) is 10.3. The van der Waals surface area contributed by atoms with Crippen LogP contribution in [0.25, 0.3) is 11.4 Å². The van der Waals surface area contributed by atoms with Gasteiger partial charge in [-0.1, -0.05) is 0 Å². The van der Waals surface area contributed by atoms with Crippen LogP contribution in [-0.4, -0.2) is 60.2 Å². The quantitative estimate of drug-likeness (QED) is 0.863. The second kappa shape index (κ2) is 6.66. The van der Waals surface area contributed by atoms with Gasteiger partial charge in [-0.15, -0.1) is 0 Å². The highest BCUT2D eigenvalue weighted by Gasteiger charge is 2.24. The summed E-state index contributed by atoms with van der Waals surface area (Å²) in [6.45, 7) is 1.71. The third kappa shape index (κ3) is 3.87. The van der Waals surface area contributed by atoms with E-state index in [1.165, 1.54) is 16.6 Å². The van der Waals surface area contributed by atoms with E-state index in [0.29, 0.717) is 48.9 Å². The number of benzene rings is 1. The minimum absolute atomic E-state index is 0.157. The maximum Gasteiger partial charge on any atom is 0.216 e. The molecule has 8 nitrogen and oxygen atoms in total. The molecule has 130 valence electrons. The van der Waals surface area contributed by atoms with E-state index in [4.69, 9.17) is 5.26 Å². The molecule has 2 heterocycles. The Balaban J connectivity index is 1.84. The van der Waals surface area contributed by atoms with E-state index in [-0.39, 0.29) is 5.88 Å². The van der Waals surface area contributed by atoms with E-state index in [0.717, 1.165) is 0 Å². The number of sulfonamides is 1. The second-order valence-electron chi connectivity index (χ2n) is 5.75. The first kappa shape index (κ1) is 17.1. The lowest BCUT2D eigenvalue weighted by atomic mass is 10.1. The van der Waals surface area contributed by atoms with Crippen molar-refractivity contribution in [3.8, 4) is 23.3 Å². The van der Waals surface area contributed by atoms with Gasteiger partial charge in [0.25, 0.3) is 0 Å². The first-order valence-corrected chi connectivity index (χ1v) is 9.50. The van der Waals surface area contributed by atoms with Crippen molar-refractivity contribution < 1.29 is 13.5 Å². The molecule has 1 aliphatic heterocycles. The van der Waals surface area contributed by atoms with Gasteiger partial charge in [0.15, 0.2) is 5.82 Å². The molecule has 1 aromatic carbocycles. The number of aromatic hydroxyl groups is 1. The number of nitrogens with zero attached hydrogens (tertiary/aromatic N) is 5. The highest BCUT2D eigenvalue weighted by Crippen LogP contribution is 2.24. The minimum atomic E-state index is -3.20. The fraction of sp³-hybridized carbons (Fsp3) is 0.312. The SMILES string of the molecule is CS(=O)(=O)N1CCN(c2cc(O)nc(-c3ccc(C#N)cc3)n2)CC1. The molecule has 0 amide bonds. The summed E-state index contributed by atoms with van der Waals surface area (Å²) in [7, 11) is -3.20. The van der Waals surface area contributed by atoms with Gasteiger partial charge in [0.05, 0.1) is 17.9 Å². The molecule has 0 unspecified atom stereocenters. The van der Waals surface area contributed by atoms with Crippen molar-refractivity contribution in [1.29, 1.82) is 5.26 Å². The Morgan fingerprint density at radius 1 is 1.12 bits per heavy atom. The van der Waals surface area contributed by atoms with E-state index in [1.807, 2.05) is 11.0 Å². The predicted molar refractivity (Wildman–Crippen MR) is 92.5 cm³/mol. The van der Waals surface area contributed by atoms with Gasteiger partial charge in [0, 0.05) is 37.8 Å². The Labute approximate surface area is 146 Å². The van der Waals surface area contributed by atoms with E-state index >= 15 is 0 Å². The maximum absolute atomic E-state index is 11.6. The normalized spacial score (nSPS) is 15.8. The highest BCUT2D eigenvalue weighted by molar-refractivity contribution is 7.88. The van der Waals surface area contributed by atoms with Crippen LogP contribution in [-0.2, 0) is 10.0 Å². The van der Waals surface area contributed by atoms with Crippen molar-refractivity contribution >= 4 is 15.8 Å². The van der Waals surface area contributed by atoms with Gasteiger partial charge in [0.1, 0.15) is 5.82 Å². The molecular weight excluding hydrogens is 342 g/mol. The van der Waals surface area contributed by atoms with Crippen molar-refractivity contribution in [2.75, 3.05) is 37.3 Å². The Hall–Kier alpha value is -2.70. The molecule has 9 heteroatoms. The molecule has 2 aromatic rings. The zero-order valence-electron chi connectivity index (χ0n) is 13.6. The number of piperazine rings is 1. The first-order chi connectivity index (χ1) is 11.9. The molecule has 25 heavy (non-hydrogen) atoms. The van der Waals surface area contributed by atoms with Crippen LogP contribution in [0.5, 0.6) is 5.88 Å². The largest absolute Gasteiger partial charge is 0.493 e. The van der Waals surface area contributed by atoms with E-state index < -0.39 is 10.0 Å². The third-order valence-corrected chi connectivity index (χ3v) is 5.31. The molecular formula is C16H17N5O3S. The summed E-state index contributed by atoms with van der Waals surface area (Å²) in [6.07, 6.45) is 1.20. The number of nitriles is 1. The highest BCUT2D eigenvalue weighted by atomic mass is 32.2. The number of hydrogen-bond acceptors (Lipinski definition) is 7. The summed E-state index contributed by atoms with van der Waals surface area (Å²) >= 11 is 0. The van der Waals surface area contributed by atoms with Crippen LogP contribution in [0.4, 0.5) is 5.82 Å². The van der Waals surface area contributed by atoms with Crippen molar-refractivity contribution in [2.24, 2.45) is 0 Å². The van der Waals surface area contributed by atoms with Crippen molar-refractivity contribution in [1.82, 2.24) is 14.3 Å². The molecule has 0 saturated carbocycles. The summed E-state index contributed by atoms with van der Waals surface area (Å²) in [5, 5.41) is 18.8. The lowest BCUT2D eigenvalue weighted by Crippen LogP contribution is -2.48. The molecule has 0 bridgehead atoms. The van der Waals surface area contributed by atoms with Crippen LogP contribution >= 0.6 is 0 Å². The average Bonchev–Trinajstić information content (AvgIpc) is 2.60. The van der Waals surface area contributed by atoms with E-state index in [1.54, 1.807) is 24.3 Å². The summed E-state index contributed by atoms with van der Waals surface area (Å²) in [5.74, 6) is 0.736. The third-order valence-electron chi connectivity index (χ3n) is 4.00. The molecule has 1 fully saturated rings. The van der Waals surface area contributed by atoms with Gasteiger partial charge in [-0.05, 0) is 24.3 Å². The Morgan fingerprint density at radius 3 is 2.32 bits per heavy atom. The van der Waals surface area contributed by atoms with Gasteiger partial charge in [-0.25, -0.2) is 13.4 Å². The van der Waals surface area contributed by atoms with Crippen LogP contribution in [0.15, 0.2) is 30.3 Å². The standard InChI is InChI=1S/C16H17N5O3S/c1-25(23,24)21-8-6-20(7-9-21)14-10-15(22)19-16(18-14)13-4-2-12(11-17)3-5-13/h2-5,10H,6-9H2,1H3,(H,18,19,22). The summed E-state index contributed by atoms with van der Waals surface area (Å²) < 4.78 is 24.6. The summed E-state index contributed by atoms with van der Waals surface area (Å²) in [5.41, 5.74) is 1.21. The second-order valence-corrected chi connectivity index (χ2v) is 7.73. The molecule has 1 aliphatic rings. The van der Waals surface area contributed by atoms with Crippen LogP contribution in [0, 0.1) is 11.3 Å². The predicted octanol–water partition coefficient (Wildman–Crippen LogP) is 0.802. The van der Waals surface area contributed by atoms with E-state index in [2.05, 4.69) is 9.97 Å². The fourth-order valence-electron chi connectivity index (χ4n) is 2.66. The van der Waals surface area contributed by atoms with E-state index in [9.17, 15) is 13.5 Å². The fourth-order valence-corrected chi connectivity index (χ4v) is 3.48. The van der Waals surface area contributed by atoms with Gasteiger partial charge < -0.3 is 10.0 Å². The zero-order chi connectivity index (χ0) is 18.0. The molecule has 1 N–H and O–H groups in total. The molecule has 3 rings (SSSR count). The lowest BCUT2D eigenvalue weighted by molar-refractivity contribution is 0.386. The lowest BCUT2D eigenvalue weighted by Gasteiger charge is -2.34. The van der Waals surface area contributed by atoms with Crippen molar-refractivity contribution in [2.45, 2.75) is 0 Å². The van der Waals surface area contributed by atoms with Crippen molar-refractivity contribution in [3.63, 3.8) is 0 Å². The average molecular weight is 359 g/mol. The maximum atomic E-state index is 11.6. The number of hydrogen-bond donors (Lipinski definition) is 1. The Kier molecular flexibility index (Phi) is 4.57. The number of aromatic nitrogens is 2. The number of rotatable bonds is 3. The van der Waals surface area contributed by atoms with Gasteiger partial charge in [-0.3, -0.25) is 0 Å². The Bertz CT molecular complexity index is 914. The van der Waals surface area contributed by atoms with Crippen molar-refractivity contribution in [3.05, 3.63) is 35.9 Å². The minimum Gasteiger partial charge on any atom is -0.493 e. The molecule has 0 aliphatic carbocycles. The molecule has 1 saturated heterocycles. The van der Waals surface area contributed by atoms with Crippen LogP contribution < -0.4 is 4.90 Å². The molecule has 0 atom stereocenters. The van der Waals surface area contributed by atoms with Crippen LogP contribution in [0.1, 0.15) is 5.56 Å². The van der Waals surface area contributed by atoms with Crippen LogP contribution in [0.3, 0.4) is 0 Å². The number of anilines is 1. The first-order valence-electron chi connectivity index (χ1n) is 7.65. The smallest absolute Gasteiger partial charge is 0.216 e. The van der Waals surface area contributed by atoms with Gasteiger partial charge in [0.2, 0.25) is 15.9 Å². The zero-order valence-corrected chi connectivity index (χ0v) is 14.4.